The van der Waals surface area contributed by atoms with E-state index in [-0.39, 0.29) is 6.09 Å². The molecule has 0 radical (unpaired) electrons. The first-order valence-electron chi connectivity index (χ1n) is 7.02. The molecule has 0 saturated carbocycles. The molecule has 7 heteroatoms. The van der Waals surface area contributed by atoms with Crippen LogP contribution in [0.25, 0.3) is 0 Å². The summed E-state index contributed by atoms with van der Waals surface area (Å²) in [6, 6.07) is 0.362. The highest BCUT2D eigenvalue weighted by Crippen LogP contribution is 2.10. The van der Waals surface area contributed by atoms with Gasteiger partial charge in [-0.3, -0.25) is 4.68 Å². The van der Waals surface area contributed by atoms with Gasteiger partial charge in [-0.25, -0.2) is 4.79 Å². The third-order valence-corrected chi connectivity index (χ3v) is 3.51. The Morgan fingerprint density at radius 3 is 3.20 bits per heavy atom. The van der Waals surface area contributed by atoms with Gasteiger partial charge < -0.3 is 15.0 Å². The van der Waals surface area contributed by atoms with Gasteiger partial charge in [0.25, 0.3) is 0 Å². The van der Waals surface area contributed by atoms with Gasteiger partial charge in [0.15, 0.2) is 0 Å². The summed E-state index contributed by atoms with van der Waals surface area (Å²) in [5.74, 6) is 0. The fraction of sp³-hybridized carbons (Fsp3) is 0.692. The lowest BCUT2D eigenvalue weighted by atomic mass is 10.2. The summed E-state index contributed by atoms with van der Waals surface area (Å²) >= 11 is 5.80. The lowest BCUT2D eigenvalue weighted by Crippen LogP contribution is -2.36. The number of aryl methyl sites for hydroxylation is 1. The van der Waals surface area contributed by atoms with E-state index in [0.29, 0.717) is 17.7 Å². The molecule has 1 unspecified atom stereocenters. The molecule has 0 aromatic carbocycles. The molecular formula is C13H21ClN4O2. The van der Waals surface area contributed by atoms with E-state index in [4.69, 9.17) is 16.3 Å². The van der Waals surface area contributed by atoms with Gasteiger partial charge in [-0.15, -0.1) is 0 Å². The molecule has 1 amide bonds. The van der Waals surface area contributed by atoms with Crippen molar-refractivity contribution in [2.75, 3.05) is 26.2 Å². The van der Waals surface area contributed by atoms with E-state index in [9.17, 15) is 4.79 Å². The standard InChI is InChI=1S/C13H21ClN4O2/c1-2-20-13(19)17-7-4-12(10-17)15-5-3-6-18-9-11(14)8-16-18/h8-9,12,15H,2-7,10H2,1H3. The number of likely N-dealkylation sites (tertiary alicyclic amines) is 1. The number of carbonyl (C=O) groups is 1. The Hall–Kier alpha value is -1.27. The third-order valence-electron chi connectivity index (χ3n) is 3.31. The molecule has 1 fully saturated rings. The smallest absolute Gasteiger partial charge is 0.409 e. The van der Waals surface area contributed by atoms with Gasteiger partial charge in [0, 0.05) is 31.9 Å². The highest BCUT2D eigenvalue weighted by Gasteiger charge is 2.26. The van der Waals surface area contributed by atoms with Crippen molar-refractivity contribution in [2.24, 2.45) is 0 Å². The van der Waals surface area contributed by atoms with Crippen LogP contribution in [-0.4, -0.2) is 53.1 Å². The maximum atomic E-state index is 11.6. The molecule has 1 saturated heterocycles. The molecule has 1 aliphatic heterocycles. The van der Waals surface area contributed by atoms with Crippen LogP contribution in [0, 0.1) is 0 Å². The van der Waals surface area contributed by atoms with Gasteiger partial charge in [0.05, 0.1) is 17.8 Å². The second kappa shape index (κ2) is 7.50. The summed E-state index contributed by atoms with van der Waals surface area (Å²) in [4.78, 5) is 13.3. The number of amides is 1. The Morgan fingerprint density at radius 2 is 2.50 bits per heavy atom. The molecule has 1 aromatic heterocycles. The summed E-state index contributed by atoms with van der Waals surface area (Å²) in [5.41, 5.74) is 0. The molecule has 0 spiro atoms. The number of nitrogens with one attached hydrogen (secondary N) is 1. The number of nitrogens with zero attached hydrogens (tertiary/aromatic N) is 3. The van der Waals surface area contributed by atoms with Crippen molar-refractivity contribution in [1.82, 2.24) is 20.0 Å². The van der Waals surface area contributed by atoms with E-state index in [0.717, 1.165) is 39.0 Å². The Morgan fingerprint density at radius 1 is 1.65 bits per heavy atom. The number of hydrogen-bond acceptors (Lipinski definition) is 4. The Labute approximate surface area is 124 Å². The molecule has 0 aliphatic carbocycles. The summed E-state index contributed by atoms with van der Waals surface area (Å²) in [6.45, 7) is 5.50. The van der Waals surface area contributed by atoms with Crippen LogP contribution < -0.4 is 5.32 Å². The number of carbonyl (C=O) groups excluding carboxylic acids is 1. The number of aromatic nitrogens is 2. The van der Waals surface area contributed by atoms with Gasteiger partial charge in [0.1, 0.15) is 0 Å². The molecule has 1 aromatic rings. The zero-order valence-corrected chi connectivity index (χ0v) is 12.5. The molecule has 6 nitrogen and oxygen atoms in total. The van der Waals surface area contributed by atoms with Crippen molar-refractivity contribution in [3.63, 3.8) is 0 Å². The number of rotatable bonds is 6. The van der Waals surface area contributed by atoms with E-state index >= 15 is 0 Å². The second-order valence-corrected chi connectivity index (χ2v) is 5.30. The van der Waals surface area contributed by atoms with E-state index in [1.165, 1.54) is 0 Å². The highest BCUT2D eigenvalue weighted by molar-refractivity contribution is 6.30. The quantitative estimate of drug-likeness (QED) is 0.813. The molecule has 2 rings (SSSR count). The van der Waals surface area contributed by atoms with E-state index in [2.05, 4.69) is 10.4 Å². The molecule has 1 N–H and O–H groups in total. The minimum absolute atomic E-state index is 0.206. The zero-order valence-electron chi connectivity index (χ0n) is 11.7. The van der Waals surface area contributed by atoms with Crippen LogP contribution in [0.15, 0.2) is 12.4 Å². The first-order chi connectivity index (χ1) is 9.69. The van der Waals surface area contributed by atoms with Crippen molar-refractivity contribution < 1.29 is 9.53 Å². The van der Waals surface area contributed by atoms with Crippen molar-refractivity contribution >= 4 is 17.7 Å². The van der Waals surface area contributed by atoms with Crippen LogP contribution in [0.5, 0.6) is 0 Å². The van der Waals surface area contributed by atoms with Gasteiger partial charge >= 0.3 is 6.09 Å². The van der Waals surface area contributed by atoms with Crippen LogP contribution in [0.2, 0.25) is 5.02 Å². The molecular weight excluding hydrogens is 280 g/mol. The van der Waals surface area contributed by atoms with E-state index in [1.54, 1.807) is 11.1 Å². The Kier molecular flexibility index (Phi) is 5.67. The van der Waals surface area contributed by atoms with Crippen molar-refractivity contribution in [3.05, 3.63) is 17.4 Å². The normalized spacial score (nSPS) is 18.5. The molecule has 1 atom stereocenters. The first-order valence-corrected chi connectivity index (χ1v) is 7.40. The predicted molar refractivity (Wildman–Crippen MR) is 76.9 cm³/mol. The fourth-order valence-corrected chi connectivity index (χ4v) is 2.47. The molecule has 2 heterocycles. The SMILES string of the molecule is CCOC(=O)N1CCC(NCCCn2cc(Cl)cn2)C1. The van der Waals surface area contributed by atoms with Gasteiger partial charge in [-0.05, 0) is 26.3 Å². The summed E-state index contributed by atoms with van der Waals surface area (Å²) in [6.07, 6.45) is 5.21. The van der Waals surface area contributed by atoms with E-state index < -0.39 is 0 Å². The van der Waals surface area contributed by atoms with Crippen LogP contribution in [0.1, 0.15) is 19.8 Å². The van der Waals surface area contributed by atoms with Crippen molar-refractivity contribution in [1.29, 1.82) is 0 Å². The maximum Gasteiger partial charge on any atom is 0.409 e. The second-order valence-electron chi connectivity index (χ2n) is 4.86. The largest absolute Gasteiger partial charge is 0.450 e. The minimum atomic E-state index is -0.206. The first kappa shape index (κ1) is 15.1. The van der Waals surface area contributed by atoms with Crippen molar-refractivity contribution in [2.45, 2.75) is 32.4 Å². The zero-order chi connectivity index (χ0) is 14.4. The average Bonchev–Trinajstić information content (AvgIpc) is 3.04. The molecule has 112 valence electrons. The van der Waals surface area contributed by atoms with Crippen LogP contribution in [0.3, 0.4) is 0 Å². The lowest BCUT2D eigenvalue weighted by Gasteiger charge is -2.16. The number of ether oxygens (including phenoxy) is 1. The topological polar surface area (TPSA) is 59.4 Å². The van der Waals surface area contributed by atoms with Gasteiger partial charge in [0.2, 0.25) is 0 Å². The predicted octanol–water partition coefficient (Wildman–Crippen LogP) is 1.75. The molecule has 1 aliphatic rings. The molecule has 0 bridgehead atoms. The van der Waals surface area contributed by atoms with Gasteiger partial charge in [-0.2, -0.15) is 5.10 Å². The maximum absolute atomic E-state index is 11.6. The van der Waals surface area contributed by atoms with Crippen LogP contribution >= 0.6 is 11.6 Å². The molecule has 20 heavy (non-hydrogen) atoms. The van der Waals surface area contributed by atoms with Crippen LogP contribution in [0.4, 0.5) is 4.79 Å². The third kappa shape index (κ3) is 4.38. The van der Waals surface area contributed by atoms with Crippen molar-refractivity contribution in [3.8, 4) is 0 Å². The monoisotopic (exact) mass is 300 g/mol. The van der Waals surface area contributed by atoms with E-state index in [1.807, 2.05) is 17.8 Å². The average molecular weight is 301 g/mol. The summed E-state index contributed by atoms with van der Waals surface area (Å²) in [5, 5.41) is 8.26. The fourth-order valence-electron chi connectivity index (χ4n) is 2.32. The minimum Gasteiger partial charge on any atom is -0.450 e. The Balaban J connectivity index is 1.60. The van der Waals surface area contributed by atoms with Crippen LogP contribution in [-0.2, 0) is 11.3 Å². The lowest BCUT2D eigenvalue weighted by molar-refractivity contribution is 0.115. The number of hydrogen-bond donors (Lipinski definition) is 1. The highest BCUT2D eigenvalue weighted by atomic mass is 35.5. The Bertz CT molecular complexity index is 438. The summed E-state index contributed by atoms with van der Waals surface area (Å²) < 4.78 is 6.83. The summed E-state index contributed by atoms with van der Waals surface area (Å²) in [7, 11) is 0. The van der Waals surface area contributed by atoms with Gasteiger partial charge in [-0.1, -0.05) is 11.6 Å². The number of halogens is 1.